The van der Waals surface area contributed by atoms with Crippen LogP contribution in [0.2, 0.25) is 0 Å². The van der Waals surface area contributed by atoms with Crippen LogP contribution in [0.25, 0.3) is 0 Å². The smallest absolute Gasteiger partial charge is 0.374 e. The molecule has 144 valence electrons. The monoisotopic (exact) mass is 365 g/mol. The number of rotatable bonds is 10. The van der Waals surface area contributed by atoms with Crippen LogP contribution in [0.3, 0.4) is 0 Å². The van der Waals surface area contributed by atoms with Gasteiger partial charge in [-0.2, -0.15) is 0 Å². The van der Waals surface area contributed by atoms with Gasteiger partial charge in [-0.1, -0.05) is 0 Å². The van der Waals surface area contributed by atoms with Crippen molar-refractivity contribution in [2.24, 2.45) is 0 Å². The normalized spacial score (nSPS) is 16.8. The van der Waals surface area contributed by atoms with Crippen molar-refractivity contribution in [2.45, 2.75) is 50.7 Å². The highest BCUT2D eigenvalue weighted by Gasteiger charge is 2.38. The highest BCUT2D eigenvalue weighted by molar-refractivity contribution is 6.33. The Hall–Kier alpha value is -2.08. The summed E-state index contributed by atoms with van der Waals surface area (Å²) in [6, 6.07) is -1.59. The van der Waals surface area contributed by atoms with Gasteiger partial charge in [-0.05, 0) is 0 Å². The molecule has 0 bridgehead atoms. The van der Waals surface area contributed by atoms with Gasteiger partial charge in [-0.3, -0.25) is 14.4 Å². The Morgan fingerprint density at radius 3 is 1.96 bits per heavy atom. The van der Waals surface area contributed by atoms with Crippen molar-refractivity contribution in [3.05, 3.63) is 0 Å². The van der Waals surface area contributed by atoms with E-state index in [4.69, 9.17) is 0 Å². The third kappa shape index (κ3) is 8.03. The lowest BCUT2D eigenvalue weighted by Gasteiger charge is -2.32. The molecule has 0 saturated heterocycles. The molecule has 5 atom stereocenters. The molecule has 0 radical (unpaired) electrons. The van der Waals surface area contributed by atoms with Crippen molar-refractivity contribution in [3.63, 3.8) is 0 Å². The lowest BCUT2D eigenvalue weighted by molar-refractivity contribution is -0.154. The second kappa shape index (κ2) is 10.7. The maximum absolute atomic E-state index is 11.5. The van der Waals surface area contributed by atoms with Gasteiger partial charge in [-0.25, -0.2) is 4.79 Å². The van der Waals surface area contributed by atoms with E-state index in [1.807, 2.05) is 0 Å². The number of carbonyl (C=O) groups is 4. The SMILES string of the molecule is COC(=O)C(=O)C[C@H](O)[C@@H](NC(C)=O)[C@@H](O)[C@H](O)[C@H](O)COC(C)=O. The van der Waals surface area contributed by atoms with Crippen molar-refractivity contribution in [2.75, 3.05) is 13.7 Å². The standard InChI is InChI=1S/C14H23NO10/c1-6(16)15-11(8(18)4-9(19)14(23)24-3)13(22)12(21)10(20)5-25-7(2)17/h8,10-13,18,20-22H,4-5H2,1-3H3,(H,15,16)/t8-,10+,11+,12+,13+/m0/s1. The molecule has 0 heterocycles. The maximum Gasteiger partial charge on any atom is 0.374 e. The van der Waals surface area contributed by atoms with Crippen LogP contribution in [0.1, 0.15) is 20.3 Å². The van der Waals surface area contributed by atoms with Gasteiger partial charge in [0.05, 0.1) is 19.3 Å². The molecule has 0 fully saturated rings. The van der Waals surface area contributed by atoms with Gasteiger partial charge < -0.3 is 35.2 Å². The van der Waals surface area contributed by atoms with E-state index >= 15 is 0 Å². The van der Waals surface area contributed by atoms with E-state index in [0.29, 0.717) is 0 Å². The number of nitrogens with one attached hydrogen (secondary N) is 1. The Morgan fingerprint density at radius 2 is 1.52 bits per heavy atom. The Balaban J connectivity index is 5.09. The minimum Gasteiger partial charge on any atom is -0.463 e. The number of aliphatic hydroxyl groups is 4. The summed E-state index contributed by atoms with van der Waals surface area (Å²) in [5.41, 5.74) is 0. The molecule has 25 heavy (non-hydrogen) atoms. The van der Waals surface area contributed by atoms with Crippen LogP contribution < -0.4 is 5.32 Å². The number of ketones is 1. The fraction of sp³-hybridized carbons (Fsp3) is 0.714. The van der Waals surface area contributed by atoms with Crippen LogP contribution in [-0.4, -0.2) is 88.2 Å². The molecule has 1 amide bonds. The van der Waals surface area contributed by atoms with Crippen LogP contribution in [0.15, 0.2) is 0 Å². The highest BCUT2D eigenvalue weighted by atomic mass is 16.5. The molecule has 0 aromatic heterocycles. The van der Waals surface area contributed by atoms with Crippen LogP contribution in [0.4, 0.5) is 0 Å². The molecule has 0 unspecified atom stereocenters. The average Bonchev–Trinajstić information content (AvgIpc) is 2.54. The quantitative estimate of drug-likeness (QED) is 0.194. The summed E-state index contributed by atoms with van der Waals surface area (Å²) in [7, 11) is 0.960. The summed E-state index contributed by atoms with van der Waals surface area (Å²) < 4.78 is 8.67. The Labute approximate surface area is 143 Å². The molecular formula is C14H23NO10. The van der Waals surface area contributed by atoms with Gasteiger partial charge >= 0.3 is 11.9 Å². The number of hydrogen-bond donors (Lipinski definition) is 5. The minimum atomic E-state index is -1.94. The topological polar surface area (TPSA) is 180 Å². The molecule has 0 spiro atoms. The van der Waals surface area contributed by atoms with Gasteiger partial charge in [0.1, 0.15) is 24.9 Å². The number of esters is 2. The first-order valence-corrected chi connectivity index (χ1v) is 7.25. The van der Waals surface area contributed by atoms with E-state index < -0.39 is 67.1 Å². The average molecular weight is 365 g/mol. The largest absolute Gasteiger partial charge is 0.463 e. The molecule has 0 rings (SSSR count). The molecule has 5 N–H and O–H groups in total. The van der Waals surface area contributed by atoms with Gasteiger partial charge in [-0.15, -0.1) is 0 Å². The minimum absolute atomic E-state index is 0.641. The molecule has 0 aromatic carbocycles. The second-order valence-corrected chi connectivity index (χ2v) is 5.26. The number of Topliss-reactive ketones (excluding diaryl/α,β-unsaturated/α-hetero) is 1. The number of hydrogen-bond acceptors (Lipinski definition) is 10. The lowest BCUT2D eigenvalue weighted by Crippen LogP contribution is -2.57. The van der Waals surface area contributed by atoms with Crippen LogP contribution in [0, 0.1) is 0 Å². The Bertz CT molecular complexity index is 494. The maximum atomic E-state index is 11.5. The zero-order chi connectivity index (χ0) is 19.7. The fourth-order valence-corrected chi connectivity index (χ4v) is 1.90. The van der Waals surface area contributed by atoms with Crippen molar-refractivity contribution in [1.82, 2.24) is 5.32 Å². The summed E-state index contributed by atoms with van der Waals surface area (Å²) in [4.78, 5) is 44.5. The zero-order valence-electron chi connectivity index (χ0n) is 14.0. The molecule has 0 aliphatic heterocycles. The molecular weight excluding hydrogens is 342 g/mol. The molecule has 0 aliphatic carbocycles. The molecule has 11 nitrogen and oxygen atoms in total. The number of carbonyl (C=O) groups excluding carboxylic acids is 4. The van der Waals surface area contributed by atoms with Crippen LogP contribution in [0.5, 0.6) is 0 Å². The van der Waals surface area contributed by atoms with Gasteiger partial charge in [0.15, 0.2) is 0 Å². The zero-order valence-corrected chi connectivity index (χ0v) is 14.0. The molecule has 11 heteroatoms. The molecule has 0 aliphatic rings. The van der Waals surface area contributed by atoms with Crippen molar-refractivity contribution in [1.29, 1.82) is 0 Å². The van der Waals surface area contributed by atoms with Crippen molar-refractivity contribution in [3.8, 4) is 0 Å². The summed E-state index contributed by atoms with van der Waals surface area (Å²) >= 11 is 0. The first-order valence-electron chi connectivity index (χ1n) is 7.25. The predicted octanol–water partition coefficient (Wildman–Crippen LogP) is -3.37. The van der Waals surface area contributed by atoms with E-state index in [0.717, 1.165) is 21.0 Å². The van der Waals surface area contributed by atoms with E-state index in [2.05, 4.69) is 14.8 Å². The summed E-state index contributed by atoms with van der Waals surface area (Å²) in [6.07, 6.45) is -8.16. The van der Waals surface area contributed by atoms with Crippen LogP contribution in [-0.2, 0) is 28.7 Å². The van der Waals surface area contributed by atoms with E-state index in [1.165, 1.54) is 0 Å². The van der Waals surface area contributed by atoms with Crippen molar-refractivity contribution < 1.29 is 49.1 Å². The van der Waals surface area contributed by atoms with Gasteiger partial charge in [0.25, 0.3) is 0 Å². The Morgan fingerprint density at radius 1 is 0.960 bits per heavy atom. The summed E-state index contributed by atoms with van der Waals surface area (Å²) in [5, 5.41) is 41.8. The number of ether oxygens (including phenoxy) is 2. The first kappa shape index (κ1) is 22.9. The number of methoxy groups -OCH3 is 1. The van der Waals surface area contributed by atoms with Gasteiger partial charge in [0.2, 0.25) is 11.7 Å². The van der Waals surface area contributed by atoms with E-state index in [1.54, 1.807) is 0 Å². The lowest BCUT2D eigenvalue weighted by atomic mass is 9.94. The molecule has 0 saturated carbocycles. The van der Waals surface area contributed by atoms with E-state index in [9.17, 15) is 39.6 Å². The van der Waals surface area contributed by atoms with Crippen LogP contribution >= 0.6 is 0 Å². The summed E-state index contributed by atoms with van der Waals surface area (Å²) in [6.45, 7) is 1.48. The first-order chi connectivity index (χ1) is 11.5. The third-order valence-electron chi connectivity index (χ3n) is 3.16. The summed E-state index contributed by atoms with van der Waals surface area (Å²) in [5.74, 6) is -3.80. The second-order valence-electron chi connectivity index (χ2n) is 5.26. The third-order valence-corrected chi connectivity index (χ3v) is 3.16. The van der Waals surface area contributed by atoms with Crippen molar-refractivity contribution >= 4 is 23.6 Å². The predicted molar refractivity (Wildman–Crippen MR) is 79.9 cm³/mol. The highest BCUT2D eigenvalue weighted by Crippen LogP contribution is 2.12. The number of aliphatic hydroxyl groups excluding tert-OH is 4. The fourth-order valence-electron chi connectivity index (χ4n) is 1.90. The van der Waals surface area contributed by atoms with E-state index in [-0.39, 0.29) is 0 Å². The van der Waals surface area contributed by atoms with Gasteiger partial charge in [0, 0.05) is 20.3 Å². The Kier molecular flexibility index (Phi) is 9.82. The molecule has 0 aromatic rings. The number of amides is 1.